The summed E-state index contributed by atoms with van der Waals surface area (Å²) in [4.78, 5) is 2.72. The quantitative estimate of drug-likeness (QED) is 0.879. The molecule has 0 aliphatic heterocycles. The van der Waals surface area contributed by atoms with Crippen molar-refractivity contribution in [1.82, 2.24) is 9.78 Å². The molecule has 3 nitrogen and oxygen atoms in total. The molecule has 1 N–H and O–H groups in total. The van der Waals surface area contributed by atoms with Gasteiger partial charge in [-0.05, 0) is 32.9 Å². The van der Waals surface area contributed by atoms with E-state index < -0.39 is 0 Å². The molecule has 0 saturated carbocycles. The first-order chi connectivity index (χ1) is 7.69. The summed E-state index contributed by atoms with van der Waals surface area (Å²) in [5.41, 5.74) is 1.08. The van der Waals surface area contributed by atoms with Crippen LogP contribution in [0, 0.1) is 6.92 Å². The zero-order chi connectivity index (χ0) is 11.5. The third-order valence-corrected chi connectivity index (χ3v) is 3.71. The summed E-state index contributed by atoms with van der Waals surface area (Å²) >= 11 is 1.84. The highest BCUT2D eigenvalue weighted by Crippen LogP contribution is 2.25. The van der Waals surface area contributed by atoms with Crippen LogP contribution in [0.4, 0.5) is 5.69 Å². The summed E-state index contributed by atoms with van der Waals surface area (Å²) in [5, 5.41) is 7.70. The topological polar surface area (TPSA) is 29.9 Å². The number of nitrogens with zero attached hydrogens (tertiary/aromatic N) is 2. The molecule has 0 aromatic carbocycles. The van der Waals surface area contributed by atoms with Gasteiger partial charge >= 0.3 is 0 Å². The van der Waals surface area contributed by atoms with Crippen molar-refractivity contribution >= 4 is 17.0 Å². The lowest BCUT2D eigenvalue weighted by atomic mass is 10.2. The van der Waals surface area contributed by atoms with Gasteiger partial charge in [0, 0.05) is 22.5 Å². The van der Waals surface area contributed by atoms with Gasteiger partial charge in [0.1, 0.15) is 0 Å². The molecule has 0 aliphatic rings. The molecule has 0 aliphatic carbocycles. The van der Waals surface area contributed by atoms with Crippen LogP contribution >= 0.6 is 11.3 Å². The smallest absolute Gasteiger partial charge is 0.0731 e. The molecule has 0 radical (unpaired) electrons. The Labute approximate surface area is 100 Å². The van der Waals surface area contributed by atoms with Crippen molar-refractivity contribution in [2.24, 2.45) is 0 Å². The van der Waals surface area contributed by atoms with E-state index in [1.54, 1.807) is 0 Å². The Balaban J connectivity index is 2.04. The van der Waals surface area contributed by atoms with E-state index in [-0.39, 0.29) is 0 Å². The van der Waals surface area contributed by atoms with Crippen molar-refractivity contribution in [3.05, 3.63) is 34.3 Å². The molecule has 0 spiro atoms. The maximum Gasteiger partial charge on any atom is 0.0731 e. The highest BCUT2D eigenvalue weighted by atomic mass is 32.1. The molecule has 2 rings (SSSR count). The van der Waals surface area contributed by atoms with Gasteiger partial charge < -0.3 is 5.32 Å². The Hall–Kier alpha value is -1.29. The van der Waals surface area contributed by atoms with Crippen LogP contribution in [0.3, 0.4) is 0 Å². The second kappa shape index (κ2) is 4.70. The lowest BCUT2D eigenvalue weighted by Gasteiger charge is -2.11. The number of aromatic nitrogens is 2. The minimum atomic E-state index is 0.341. The fourth-order valence-electron chi connectivity index (χ4n) is 1.62. The zero-order valence-corrected chi connectivity index (χ0v) is 10.7. The molecule has 2 aromatic rings. The normalized spacial score (nSPS) is 12.7. The molecule has 2 heterocycles. The molecule has 1 unspecified atom stereocenters. The first-order valence-corrected chi connectivity index (χ1v) is 6.36. The minimum Gasteiger partial charge on any atom is -0.375 e. The van der Waals surface area contributed by atoms with E-state index in [1.165, 1.54) is 9.75 Å². The standard InChI is InChI=1S/C12H17N3S/c1-4-15-8-11(7-13-15)14-10(3)12-6-5-9(2)16-12/h5-8,10,14H,4H2,1-3H3. The average Bonchev–Trinajstić information content (AvgIpc) is 2.87. The number of anilines is 1. The summed E-state index contributed by atoms with van der Waals surface area (Å²) in [5.74, 6) is 0. The number of aryl methyl sites for hydroxylation is 2. The predicted molar refractivity (Wildman–Crippen MR) is 69.0 cm³/mol. The van der Waals surface area contributed by atoms with Crippen LogP contribution in [0.15, 0.2) is 24.5 Å². The Kier molecular flexibility index (Phi) is 3.29. The summed E-state index contributed by atoms with van der Waals surface area (Å²) in [6.45, 7) is 7.31. The van der Waals surface area contributed by atoms with E-state index in [0.717, 1.165) is 12.2 Å². The number of thiophene rings is 1. The largest absolute Gasteiger partial charge is 0.375 e. The number of hydrogen-bond acceptors (Lipinski definition) is 3. The van der Waals surface area contributed by atoms with Crippen LogP contribution in [-0.4, -0.2) is 9.78 Å². The van der Waals surface area contributed by atoms with Gasteiger partial charge in [-0.15, -0.1) is 11.3 Å². The minimum absolute atomic E-state index is 0.341. The molecular formula is C12H17N3S. The lowest BCUT2D eigenvalue weighted by molar-refractivity contribution is 0.660. The van der Waals surface area contributed by atoms with Crippen molar-refractivity contribution in [3.63, 3.8) is 0 Å². The van der Waals surface area contributed by atoms with Crippen LogP contribution in [0.25, 0.3) is 0 Å². The SMILES string of the molecule is CCn1cc(NC(C)c2ccc(C)s2)cn1. The summed E-state index contributed by atoms with van der Waals surface area (Å²) < 4.78 is 1.93. The summed E-state index contributed by atoms with van der Waals surface area (Å²) in [6, 6.07) is 4.68. The van der Waals surface area contributed by atoms with E-state index in [4.69, 9.17) is 0 Å². The number of nitrogens with one attached hydrogen (secondary N) is 1. The van der Waals surface area contributed by atoms with Gasteiger partial charge in [-0.25, -0.2) is 0 Å². The molecular weight excluding hydrogens is 218 g/mol. The lowest BCUT2D eigenvalue weighted by Crippen LogP contribution is -2.03. The van der Waals surface area contributed by atoms with Crippen LogP contribution in [0.5, 0.6) is 0 Å². The van der Waals surface area contributed by atoms with Crippen molar-refractivity contribution in [3.8, 4) is 0 Å². The molecule has 4 heteroatoms. The zero-order valence-electron chi connectivity index (χ0n) is 9.90. The summed E-state index contributed by atoms with van der Waals surface area (Å²) in [7, 11) is 0. The van der Waals surface area contributed by atoms with Crippen LogP contribution in [0.2, 0.25) is 0 Å². The molecule has 0 amide bonds. The van der Waals surface area contributed by atoms with Crippen LogP contribution < -0.4 is 5.32 Å². The van der Waals surface area contributed by atoms with E-state index in [2.05, 4.69) is 43.3 Å². The van der Waals surface area contributed by atoms with Gasteiger partial charge in [-0.3, -0.25) is 4.68 Å². The van der Waals surface area contributed by atoms with Crippen LogP contribution in [0.1, 0.15) is 29.6 Å². The Morgan fingerprint density at radius 2 is 2.31 bits per heavy atom. The monoisotopic (exact) mass is 235 g/mol. The van der Waals surface area contributed by atoms with Crippen molar-refractivity contribution in [1.29, 1.82) is 0 Å². The van der Waals surface area contributed by atoms with Crippen molar-refractivity contribution in [2.75, 3.05) is 5.32 Å². The average molecular weight is 235 g/mol. The predicted octanol–water partition coefficient (Wildman–Crippen LogP) is 3.45. The fraction of sp³-hybridized carbons (Fsp3) is 0.417. The molecule has 0 bridgehead atoms. The summed E-state index contributed by atoms with van der Waals surface area (Å²) in [6.07, 6.45) is 3.91. The van der Waals surface area contributed by atoms with Gasteiger partial charge in [0.2, 0.25) is 0 Å². The van der Waals surface area contributed by atoms with Crippen molar-refractivity contribution < 1.29 is 0 Å². The first-order valence-electron chi connectivity index (χ1n) is 5.54. The van der Waals surface area contributed by atoms with Gasteiger partial charge in [0.05, 0.1) is 17.9 Å². The number of rotatable bonds is 4. The highest BCUT2D eigenvalue weighted by Gasteiger charge is 2.08. The third kappa shape index (κ3) is 2.44. The fourth-order valence-corrected chi connectivity index (χ4v) is 2.50. The van der Waals surface area contributed by atoms with Gasteiger partial charge in [-0.2, -0.15) is 5.10 Å². The first kappa shape index (κ1) is 11.2. The third-order valence-electron chi connectivity index (χ3n) is 2.53. The molecule has 86 valence electrons. The second-order valence-corrected chi connectivity index (χ2v) is 5.22. The van der Waals surface area contributed by atoms with Gasteiger partial charge in [0.25, 0.3) is 0 Å². The maximum atomic E-state index is 4.24. The Morgan fingerprint density at radius 3 is 2.88 bits per heavy atom. The van der Waals surface area contributed by atoms with E-state index in [0.29, 0.717) is 6.04 Å². The molecule has 0 fully saturated rings. The Morgan fingerprint density at radius 1 is 1.50 bits per heavy atom. The highest BCUT2D eigenvalue weighted by molar-refractivity contribution is 7.12. The Bertz CT molecular complexity index is 458. The molecule has 1 atom stereocenters. The van der Waals surface area contributed by atoms with Crippen molar-refractivity contribution in [2.45, 2.75) is 33.4 Å². The number of hydrogen-bond donors (Lipinski definition) is 1. The molecule has 2 aromatic heterocycles. The maximum absolute atomic E-state index is 4.24. The van der Waals surface area contributed by atoms with Crippen LogP contribution in [-0.2, 0) is 6.54 Å². The molecule has 16 heavy (non-hydrogen) atoms. The second-order valence-electron chi connectivity index (χ2n) is 3.90. The van der Waals surface area contributed by atoms with E-state index >= 15 is 0 Å². The van der Waals surface area contributed by atoms with E-state index in [9.17, 15) is 0 Å². The van der Waals surface area contributed by atoms with Gasteiger partial charge in [0.15, 0.2) is 0 Å². The molecule has 0 saturated heterocycles. The van der Waals surface area contributed by atoms with E-state index in [1.807, 2.05) is 28.4 Å². The van der Waals surface area contributed by atoms with Gasteiger partial charge in [-0.1, -0.05) is 0 Å².